The first-order valence-electron chi connectivity index (χ1n) is 12.8. The minimum Gasteiger partial charge on any atom is -0.205 e. The molecule has 0 aliphatic heterocycles. The van der Waals surface area contributed by atoms with Crippen LogP contribution in [0.15, 0.2) is 68.3 Å². The molecule has 0 N–H and O–H groups in total. The van der Waals surface area contributed by atoms with Crippen molar-refractivity contribution in [1.82, 2.24) is 0 Å². The highest BCUT2D eigenvalue weighted by Crippen LogP contribution is 2.31. The van der Waals surface area contributed by atoms with Crippen LogP contribution < -0.4 is 0 Å². The van der Waals surface area contributed by atoms with E-state index < -0.39 is 0 Å². The minimum absolute atomic E-state index is 0.302. The summed E-state index contributed by atoms with van der Waals surface area (Å²) in [6.45, 7) is 18.5. The second kappa shape index (κ2) is 12.4. The Hall–Kier alpha value is -3.63. The lowest BCUT2D eigenvalue weighted by Crippen LogP contribution is -2.09. The van der Waals surface area contributed by atoms with Gasteiger partial charge in [0.2, 0.25) is 0 Å². The van der Waals surface area contributed by atoms with Gasteiger partial charge in [0.1, 0.15) is 5.82 Å². The highest BCUT2D eigenvalue weighted by Gasteiger charge is 2.20. The Bertz CT molecular complexity index is 1290. The molecule has 0 saturated heterocycles. The molecule has 0 bridgehead atoms. The molecule has 184 valence electrons. The molecule has 0 fully saturated rings. The molecule has 3 aromatic rings. The number of hydrogen-bond acceptors (Lipinski definition) is 0. The Morgan fingerprint density at radius 1 is 0.889 bits per heavy atom. The highest BCUT2D eigenvalue weighted by atomic mass is 19.1. The number of allylic oxidation sites excluding steroid dienone is 2. The predicted molar refractivity (Wildman–Crippen MR) is 156 cm³/mol. The average Bonchev–Trinajstić information content (AvgIpc) is 2.90. The molecule has 0 aliphatic rings. The highest BCUT2D eigenvalue weighted by molar-refractivity contribution is 5.67. The Morgan fingerprint density at radius 2 is 1.47 bits per heavy atom. The van der Waals surface area contributed by atoms with Crippen LogP contribution in [0.5, 0.6) is 0 Å². The van der Waals surface area contributed by atoms with Gasteiger partial charge in [-0.2, -0.15) is 0 Å². The quantitative estimate of drug-likeness (QED) is 0.242. The fourth-order valence-electron chi connectivity index (χ4n) is 4.79. The van der Waals surface area contributed by atoms with Gasteiger partial charge < -0.3 is 0 Å². The molecule has 0 unspecified atom stereocenters. The molecule has 0 heterocycles. The van der Waals surface area contributed by atoms with E-state index in [-0.39, 0.29) is 5.82 Å². The molecular weight excluding hydrogens is 439 g/mol. The molecule has 0 saturated carbocycles. The zero-order chi connectivity index (χ0) is 26.2. The third-order valence-corrected chi connectivity index (χ3v) is 7.07. The van der Waals surface area contributed by atoms with Gasteiger partial charge in [0.05, 0.1) is 5.56 Å². The first-order valence-corrected chi connectivity index (χ1v) is 12.8. The van der Waals surface area contributed by atoms with E-state index in [1.54, 1.807) is 6.08 Å². The number of halogens is 1. The van der Waals surface area contributed by atoms with Crippen molar-refractivity contribution in [2.45, 2.75) is 59.3 Å². The molecular formula is C35H37F. The Morgan fingerprint density at radius 3 is 2.00 bits per heavy atom. The van der Waals surface area contributed by atoms with Gasteiger partial charge in [0.15, 0.2) is 0 Å². The fourth-order valence-corrected chi connectivity index (χ4v) is 4.79. The summed E-state index contributed by atoms with van der Waals surface area (Å²) in [5.41, 5.74) is 10.6. The molecule has 0 nitrogen and oxygen atoms in total. The van der Waals surface area contributed by atoms with E-state index in [4.69, 9.17) is 6.42 Å². The lowest BCUT2D eigenvalue weighted by Gasteiger charge is -2.19. The number of terminal acetylenes is 1. The first kappa shape index (κ1) is 27.0. The van der Waals surface area contributed by atoms with Gasteiger partial charge in [0.25, 0.3) is 0 Å². The smallest absolute Gasteiger partial charge is 0.143 e. The van der Waals surface area contributed by atoms with Crippen LogP contribution in [0.25, 0.3) is 17.2 Å². The second-order valence-electron chi connectivity index (χ2n) is 9.41. The SMILES string of the molecule is C#Cc1c(F)c(Cc2ccc(C(=C)CCC)cc2)c(CCc2ccc(C(=C)CC)cc2)c(C)c1C=C. The summed E-state index contributed by atoms with van der Waals surface area (Å²) < 4.78 is 15.8. The summed E-state index contributed by atoms with van der Waals surface area (Å²) in [5, 5.41) is 0. The third kappa shape index (κ3) is 5.95. The fraction of sp³-hybridized carbons (Fsp3) is 0.257. The molecule has 1 heteroatoms. The Labute approximate surface area is 217 Å². The van der Waals surface area contributed by atoms with Gasteiger partial charge in [-0.1, -0.05) is 101 Å². The zero-order valence-electron chi connectivity index (χ0n) is 22.0. The molecule has 3 rings (SSSR count). The molecule has 0 spiro atoms. The summed E-state index contributed by atoms with van der Waals surface area (Å²) in [6.07, 6.45) is 12.4. The summed E-state index contributed by atoms with van der Waals surface area (Å²) in [5.74, 6) is 2.27. The predicted octanol–water partition coefficient (Wildman–Crippen LogP) is 9.37. The zero-order valence-corrected chi connectivity index (χ0v) is 22.0. The molecule has 36 heavy (non-hydrogen) atoms. The van der Waals surface area contributed by atoms with E-state index in [9.17, 15) is 0 Å². The van der Waals surface area contributed by atoms with Crippen molar-refractivity contribution in [2.24, 2.45) is 0 Å². The lowest BCUT2D eigenvalue weighted by atomic mass is 9.86. The van der Waals surface area contributed by atoms with E-state index in [1.807, 2.05) is 6.92 Å². The average molecular weight is 477 g/mol. The van der Waals surface area contributed by atoms with Crippen molar-refractivity contribution in [2.75, 3.05) is 0 Å². The lowest BCUT2D eigenvalue weighted by molar-refractivity contribution is 0.605. The van der Waals surface area contributed by atoms with Crippen LogP contribution >= 0.6 is 0 Å². The van der Waals surface area contributed by atoms with Crippen molar-refractivity contribution in [3.63, 3.8) is 0 Å². The van der Waals surface area contributed by atoms with E-state index in [0.29, 0.717) is 17.5 Å². The maximum atomic E-state index is 15.8. The van der Waals surface area contributed by atoms with Crippen LogP contribution in [0.2, 0.25) is 0 Å². The van der Waals surface area contributed by atoms with Crippen LogP contribution in [0, 0.1) is 25.1 Å². The normalized spacial score (nSPS) is 10.6. The Balaban J connectivity index is 1.96. The molecule has 3 aromatic carbocycles. The first-order chi connectivity index (χ1) is 17.3. The summed E-state index contributed by atoms with van der Waals surface area (Å²) in [7, 11) is 0. The van der Waals surface area contributed by atoms with Crippen molar-refractivity contribution in [3.8, 4) is 12.3 Å². The van der Waals surface area contributed by atoms with Crippen molar-refractivity contribution in [1.29, 1.82) is 0 Å². The van der Waals surface area contributed by atoms with Gasteiger partial charge in [-0.15, -0.1) is 6.42 Å². The van der Waals surface area contributed by atoms with Crippen LogP contribution in [-0.4, -0.2) is 0 Å². The van der Waals surface area contributed by atoms with Crippen molar-refractivity contribution in [3.05, 3.63) is 124 Å². The molecule has 0 radical (unpaired) electrons. The van der Waals surface area contributed by atoms with Gasteiger partial charge in [-0.25, -0.2) is 4.39 Å². The summed E-state index contributed by atoms with van der Waals surface area (Å²) in [6, 6.07) is 16.9. The number of aryl methyl sites for hydroxylation is 1. The maximum absolute atomic E-state index is 15.8. The van der Waals surface area contributed by atoms with Gasteiger partial charge in [-0.05, 0) is 88.3 Å². The van der Waals surface area contributed by atoms with Crippen LogP contribution in [0.1, 0.15) is 83.2 Å². The second-order valence-corrected chi connectivity index (χ2v) is 9.41. The standard InChI is InChI=1S/C35H37F/c1-8-12-25(6)30-20-15-28(16-21-30)23-34-33(26(7)31(10-3)32(11-4)35(34)36)22-17-27-13-18-29(19-14-27)24(5)9-2/h4,10,13-16,18-21H,3,5-6,8-9,12,17,22-23H2,1-2,7H3. The Kier molecular flexibility index (Phi) is 9.26. The van der Waals surface area contributed by atoms with E-state index >= 15 is 4.39 Å². The van der Waals surface area contributed by atoms with Gasteiger partial charge in [-0.3, -0.25) is 0 Å². The maximum Gasteiger partial charge on any atom is 0.143 e. The van der Waals surface area contributed by atoms with E-state index in [2.05, 4.69) is 88.0 Å². The molecule has 0 aliphatic carbocycles. The van der Waals surface area contributed by atoms with Crippen LogP contribution in [-0.2, 0) is 19.3 Å². The van der Waals surface area contributed by atoms with Gasteiger partial charge in [0, 0.05) is 6.42 Å². The topological polar surface area (TPSA) is 0 Å². The number of hydrogen-bond donors (Lipinski definition) is 0. The number of benzene rings is 3. The summed E-state index contributed by atoms with van der Waals surface area (Å²) >= 11 is 0. The van der Waals surface area contributed by atoms with E-state index in [1.165, 1.54) is 11.1 Å². The van der Waals surface area contributed by atoms with Crippen molar-refractivity contribution < 1.29 is 4.39 Å². The largest absolute Gasteiger partial charge is 0.205 e. The van der Waals surface area contributed by atoms with Crippen molar-refractivity contribution >= 4 is 17.2 Å². The van der Waals surface area contributed by atoms with Gasteiger partial charge >= 0.3 is 0 Å². The minimum atomic E-state index is -0.304. The molecule has 0 aromatic heterocycles. The number of rotatable bonds is 11. The monoisotopic (exact) mass is 476 g/mol. The molecule has 0 amide bonds. The molecule has 0 atom stereocenters. The summed E-state index contributed by atoms with van der Waals surface area (Å²) in [4.78, 5) is 0. The van der Waals surface area contributed by atoms with E-state index in [0.717, 1.165) is 71.1 Å². The third-order valence-electron chi connectivity index (χ3n) is 7.07. The van der Waals surface area contributed by atoms with Crippen LogP contribution in [0.4, 0.5) is 4.39 Å². The van der Waals surface area contributed by atoms with Crippen LogP contribution in [0.3, 0.4) is 0 Å².